The molecule has 0 saturated carbocycles. The highest BCUT2D eigenvalue weighted by atomic mass is 32.2. The fraction of sp³-hybridized carbons (Fsp3) is 0.176. The second-order valence-corrected chi connectivity index (χ2v) is 6.01. The van der Waals surface area contributed by atoms with Crippen molar-refractivity contribution in [2.75, 3.05) is 5.75 Å². The van der Waals surface area contributed by atoms with E-state index in [1.54, 1.807) is 11.8 Å². The minimum Gasteiger partial charge on any atom is -0.270 e. The zero-order valence-electron chi connectivity index (χ0n) is 12.2. The minimum absolute atomic E-state index is 0.885. The SMILES string of the molecule is CCSc1nnc(-c2ccccc2)n1-c1ccc(C)cc1. The van der Waals surface area contributed by atoms with Crippen molar-refractivity contribution in [3.05, 3.63) is 60.2 Å². The molecule has 0 atom stereocenters. The zero-order chi connectivity index (χ0) is 14.7. The Kier molecular flexibility index (Phi) is 4.06. The molecule has 1 aromatic heterocycles. The van der Waals surface area contributed by atoms with E-state index in [1.807, 2.05) is 18.2 Å². The topological polar surface area (TPSA) is 30.7 Å². The Balaban J connectivity index is 2.16. The molecule has 2 aromatic carbocycles. The van der Waals surface area contributed by atoms with Gasteiger partial charge < -0.3 is 0 Å². The van der Waals surface area contributed by atoms with Crippen molar-refractivity contribution < 1.29 is 0 Å². The molecule has 1 heterocycles. The van der Waals surface area contributed by atoms with E-state index in [2.05, 4.69) is 65.0 Å². The second-order valence-electron chi connectivity index (χ2n) is 4.78. The highest BCUT2D eigenvalue weighted by molar-refractivity contribution is 7.99. The van der Waals surface area contributed by atoms with Gasteiger partial charge in [0.1, 0.15) is 0 Å². The van der Waals surface area contributed by atoms with E-state index in [1.165, 1.54) is 5.56 Å². The third-order valence-electron chi connectivity index (χ3n) is 3.23. The van der Waals surface area contributed by atoms with Crippen molar-refractivity contribution >= 4 is 11.8 Å². The predicted molar refractivity (Wildman–Crippen MR) is 87.9 cm³/mol. The van der Waals surface area contributed by atoms with E-state index < -0.39 is 0 Å². The fourth-order valence-electron chi connectivity index (χ4n) is 2.19. The van der Waals surface area contributed by atoms with Crippen LogP contribution >= 0.6 is 11.8 Å². The van der Waals surface area contributed by atoms with Gasteiger partial charge in [-0.05, 0) is 24.8 Å². The van der Waals surface area contributed by atoms with E-state index in [-0.39, 0.29) is 0 Å². The van der Waals surface area contributed by atoms with Crippen LogP contribution in [-0.2, 0) is 0 Å². The first-order valence-corrected chi connectivity index (χ1v) is 7.99. The lowest BCUT2D eigenvalue weighted by Gasteiger charge is -2.10. The van der Waals surface area contributed by atoms with Gasteiger partial charge >= 0.3 is 0 Å². The van der Waals surface area contributed by atoms with Gasteiger partial charge in [-0.2, -0.15) is 0 Å². The summed E-state index contributed by atoms with van der Waals surface area (Å²) in [6.45, 7) is 4.22. The lowest BCUT2D eigenvalue weighted by atomic mass is 10.2. The number of nitrogens with zero attached hydrogens (tertiary/aromatic N) is 3. The van der Waals surface area contributed by atoms with Crippen LogP contribution in [0.5, 0.6) is 0 Å². The van der Waals surface area contributed by atoms with Crippen LogP contribution in [0.1, 0.15) is 12.5 Å². The fourth-order valence-corrected chi connectivity index (χ4v) is 2.87. The summed E-state index contributed by atoms with van der Waals surface area (Å²) in [6.07, 6.45) is 0. The molecule has 3 nitrogen and oxygen atoms in total. The summed E-state index contributed by atoms with van der Waals surface area (Å²) in [7, 11) is 0. The Morgan fingerprint density at radius 3 is 2.33 bits per heavy atom. The molecule has 3 aromatic rings. The smallest absolute Gasteiger partial charge is 0.196 e. The Morgan fingerprint density at radius 2 is 1.67 bits per heavy atom. The molecule has 3 rings (SSSR count). The highest BCUT2D eigenvalue weighted by Gasteiger charge is 2.15. The molecular formula is C17H17N3S. The van der Waals surface area contributed by atoms with Gasteiger partial charge in [0.25, 0.3) is 0 Å². The van der Waals surface area contributed by atoms with Crippen LogP contribution in [0.2, 0.25) is 0 Å². The maximum atomic E-state index is 4.40. The van der Waals surface area contributed by atoms with Gasteiger partial charge in [-0.15, -0.1) is 10.2 Å². The van der Waals surface area contributed by atoms with Gasteiger partial charge in [-0.3, -0.25) is 4.57 Å². The summed E-state index contributed by atoms with van der Waals surface area (Å²) in [5.41, 5.74) is 3.42. The van der Waals surface area contributed by atoms with Crippen LogP contribution in [0.3, 0.4) is 0 Å². The van der Waals surface area contributed by atoms with Crippen LogP contribution in [0.4, 0.5) is 0 Å². The molecular weight excluding hydrogens is 278 g/mol. The van der Waals surface area contributed by atoms with Crippen LogP contribution < -0.4 is 0 Å². The first-order valence-electron chi connectivity index (χ1n) is 7.00. The molecule has 0 spiro atoms. The third kappa shape index (κ3) is 2.85. The van der Waals surface area contributed by atoms with Gasteiger partial charge in [0.15, 0.2) is 11.0 Å². The number of aryl methyl sites for hydroxylation is 1. The monoisotopic (exact) mass is 295 g/mol. The maximum absolute atomic E-state index is 4.40. The lowest BCUT2D eigenvalue weighted by Crippen LogP contribution is -1.99. The van der Waals surface area contributed by atoms with E-state index in [0.717, 1.165) is 28.0 Å². The summed E-state index contributed by atoms with van der Waals surface area (Å²) in [5.74, 6) is 1.86. The first kappa shape index (κ1) is 13.9. The molecule has 0 radical (unpaired) electrons. The Labute approximate surface area is 129 Å². The van der Waals surface area contributed by atoms with Gasteiger partial charge in [0, 0.05) is 11.3 Å². The number of hydrogen-bond acceptors (Lipinski definition) is 3. The molecule has 0 N–H and O–H groups in total. The standard InChI is InChI=1S/C17H17N3S/c1-3-21-17-19-18-16(14-7-5-4-6-8-14)20(17)15-11-9-13(2)10-12-15/h4-12H,3H2,1-2H3. The molecule has 106 valence electrons. The molecule has 4 heteroatoms. The van der Waals surface area contributed by atoms with E-state index in [4.69, 9.17) is 0 Å². The van der Waals surface area contributed by atoms with Crippen molar-refractivity contribution in [3.8, 4) is 17.1 Å². The lowest BCUT2D eigenvalue weighted by molar-refractivity contribution is 0.886. The Morgan fingerprint density at radius 1 is 0.952 bits per heavy atom. The molecule has 0 fully saturated rings. The molecule has 0 amide bonds. The van der Waals surface area contributed by atoms with E-state index >= 15 is 0 Å². The molecule has 0 aliphatic heterocycles. The number of rotatable bonds is 4. The van der Waals surface area contributed by atoms with E-state index in [0.29, 0.717) is 0 Å². The van der Waals surface area contributed by atoms with Crippen LogP contribution in [0.15, 0.2) is 59.8 Å². The van der Waals surface area contributed by atoms with Gasteiger partial charge in [0.05, 0.1) is 0 Å². The van der Waals surface area contributed by atoms with E-state index in [9.17, 15) is 0 Å². The molecule has 0 aliphatic rings. The van der Waals surface area contributed by atoms with Crippen molar-refractivity contribution in [2.45, 2.75) is 19.0 Å². The summed E-state index contributed by atoms with van der Waals surface area (Å²) >= 11 is 1.71. The summed E-state index contributed by atoms with van der Waals surface area (Å²) in [5, 5.41) is 9.68. The average molecular weight is 295 g/mol. The van der Waals surface area contributed by atoms with Crippen molar-refractivity contribution in [3.63, 3.8) is 0 Å². The minimum atomic E-state index is 0.885. The number of hydrogen-bond donors (Lipinski definition) is 0. The van der Waals surface area contributed by atoms with Gasteiger partial charge in [-0.25, -0.2) is 0 Å². The maximum Gasteiger partial charge on any atom is 0.196 e. The van der Waals surface area contributed by atoms with Crippen LogP contribution in [0.25, 0.3) is 17.1 Å². The van der Waals surface area contributed by atoms with Crippen molar-refractivity contribution in [2.24, 2.45) is 0 Å². The highest BCUT2D eigenvalue weighted by Crippen LogP contribution is 2.27. The molecule has 0 aliphatic carbocycles. The average Bonchev–Trinajstić information content (AvgIpc) is 2.93. The Hall–Kier alpha value is -2.07. The number of aromatic nitrogens is 3. The molecule has 0 bridgehead atoms. The zero-order valence-corrected chi connectivity index (χ0v) is 13.0. The summed E-state index contributed by atoms with van der Waals surface area (Å²) in [6, 6.07) is 18.7. The third-order valence-corrected chi connectivity index (χ3v) is 4.04. The number of benzene rings is 2. The largest absolute Gasteiger partial charge is 0.270 e. The molecule has 0 saturated heterocycles. The van der Waals surface area contributed by atoms with Crippen LogP contribution in [0, 0.1) is 6.92 Å². The molecule has 21 heavy (non-hydrogen) atoms. The first-order chi connectivity index (χ1) is 10.3. The van der Waals surface area contributed by atoms with Crippen molar-refractivity contribution in [1.29, 1.82) is 0 Å². The quantitative estimate of drug-likeness (QED) is 0.670. The predicted octanol–water partition coefficient (Wildman–Crippen LogP) is 4.35. The van der Waals surface area contributed by atoms with Gasteiger partial charge in [0.2, 0.25) is 0 Å². The molecule has 0 unspecified atom stereocenters. The van der Waals surface area contributed by atoms with Crippen molar-refractivity contribution in [1.82, 2.24) is 14.8 Å². The second kappa shape index (κ2) is 6.14. The summed E-state index contributed by atoms with van der Waals surface area (Å²) < 4.78 is 2.13. The Bertz CT molecular complexity index is 718. The summed E-state index contributed by atoms with van der Waals surface area (Å²) in [4.78, 5) is 0. The normalized spacial score (nSPS) is 10.8. The van der Waals surface area contributed by atoms with Gasteiger partial charge in [-0.1, -0.05) is 66.7 Å². The van der Waals surface area contributed by atoms with Crippen LogP contribution in [-0.4, -0.2) is 20.5 Å². The number of thioether (sulfide) groups is 1.